The van der Waals surface area contributed by atoms with E-state index in [1.807, 2.05) is 24.3 Å². The smallest absolute Gasteiger partial charge is 0.269 e. The lowest BCUT2D eigenvalue weighted by molar-refractivity contribution is -0.118. The number of hydrogen-bond donors (Lipinski definition) is 0. The summed E-state index contributed by atoms with van der Waals surface area (Å²) in [6.07, 6.45) is 1.33. The summed E-state index contributed by atoms with van der Waals surface area (Å²) in [4.78, 5) is 26.7. The standard InChI is InChI=1S/C19H18N2O4S/c22-18(20-13-11-14-6-1-3-8-16(14)20)10-5-12-21-19(23)15-7-2-4-9-17(15)26(21,24)25/h1-4,6-9H,5,10-13H2. The SMILES string of the molecule is O=C(CCCN1C(=O)c2ccccc2S1(=O)=O)N1CCc2ccccc21. The highest BCUT2D eigenvalue weighted by atomic mass is 32.2. The van der Waals surface area contributed by atoms with E-state index in [1.54, 1.807) is 17.0 Å². The molecule has 0 N–H and O–H groups in total. The van der Waals surface area contributed by atoms with Gasteiger partial charge in [0, 0.05) is 25.2 Å². The van der Waals surface area contributed by atoms with Gasteiger partial charge >= 0.3 is 0 Å². The summed E-state index contributed by atoms with van der Waals surface area (Å²) in [5, 5.41) is 0. The molecule has 0 spiro atoms. The zero-order valence-corrected chi connectivity index (χ0v) is 14.9. The molecule has 0 fully saturated rings. The normalized spacial score (nSPS) is 17.3. The number of carbonyl (C=O) groups is 2. The van der Waals surface area contributed by atoms with Crippen LogP contribution < -0.4 is 4.90 Å². The Morgan fingerprint density at radius 1 is 1.04 bits per heavy atom. The average Bonchev–Trinajstić information content (AvgIpc) is 3.15. The maximum Gasteiger partial charge on any atom is 0.269 e. The van der Waals surface area contributed by atoms with Crippen molar-refractivity contribution in [1.29, 1.82) is 0 Å². The summed E-state index contributed by atoms with van der Waals surface area (Å²) in [6.45, 7) is 0.654. The Morgan fingerprint density at radius 2 is 1.77 bits per heavy atom. The summed E-state index contributed by atoms with van der Waals surface area (Å²) in [6, 6.07) is 14.0. The first-order valence-electron chi connectivity index (χ1n) is 8.54. The van der Waals surface area contributed by atoms with Crippen LogP contribution in [0.1, 0.15) is 28.8 Å². The van der Waals surface area contributed by atoms with Gasteiger partial charge < -0.3 is 4.90 Å². The molecule has 0 aromatic heterocycles. The molecule has 2 amide bonds. The molecule has 6 nitrogen and oxygen atoms in total. The van der Waals surface area contributed by atoms with Crippen molar-refractivity contribution in [1.82, 2.24) is 4.31 Å². The van der Waals surface area contributed by atoms with Crippen molar-refractivity contribution in [2.24, 2.45) is 0 Å². The van der Waals surface area contributed by atoms with Crippen LogP contribution in [0, 0.1) is 0 Å². The minimum Gasteiger partial charge on any atom is -0.312 e. The number of nitrogens with zero attached hydrogens (tertiary/aromatic N) is 2. The maximum absolute atomic E-state index is 12.5. The number of amides is 2. The Labute approximate surface area is 152 Å². The van der Waals surface area contributed by atoms with Crippen LogP contribution in [0.25, 0.3) is 0 Å². The summed E-state index contributed by atoms with van der Waals surface area (Å²) >= 11 is 0. The van der Waals surface area contributed by atoms with Crippen molar-refractivity contribution in [2.75, 3.05) is 18.0 Å². The maximum atomic E-state index is 12.5. The third kappa shape index (κ3) is 2.59. The molecule has 2 heterocycles. The molecular formula is C19H18N2O4S. The lowest BCUT2D eigenvalue weighted by Gasteiger charge is -2.19. The molecule has 7 heteroatoms. The molecule has 0 saturated heterocycles. The van der Waals surface area contributed by atoms with Crippen molar-refractivity contribution < 1.29 is 18.0 Å². The Morgan fingerprint density at radius 3 is 2.58 bits per heavy atom. The lowest BCUT2D eigenvalue weighted by Crippen LogP contribution is -2.33. The van der Waals surface area contributed by atoms with Crippen LogP contribution in [0.4, 0.5) is 5.69 Å². The van der Waals surface area contributed by atoms with Gasteiger partial charge in [-0.25, -0.2) is 12.7 Å². The van der Waals surface area contributed by atoms with Crippen LogP contribution in [0.3, 0.4) is 0 Å². The number of hydrogen-bond acceptors (Lipinski definition) is 4. The predicted octanol–water partition coefficient (Wildman–Crippen LogP) is 2.20. The molecule has 2 aliphatic rings. The van der Waals surface area contributed by atoms with Crippen LogP contribution in [-0.2, 0) is 21.2 Å². The van der Waals surface area contributed by atoms with E-state index in [-0.39, 0.29) is 29.3 Å². The summed E-state index contributed by atoms with van der Waals surface area (Å²) in [5.74, 6) is -0.559. The van der Waals surface area contributed by atoms with Gasteiger partial charge in [0.2, 0.25) is 5.91 Å². The Kier molecular flexibility index (Phi) is 4.03. The van der Waals surface area contributed by atoms with Crippen molar-refractivity contribution in [3.8, 4) is 0 Å². The summed E-state index contributed by atoms with van der Waals surface area (Å²) in [7, 11) is -3.80. The van der Waals surface area contributed by atoms with Gasteiger partial charge in [-0.2, -0.15) is 0 Å². The van der Waals surface area contributed by atoms with Gasteiger partial charge in [0.1, 0.15) is 4.90 Å². The number of carbonyl (C=O) groups excluding carboxylic acids is 2. The van der Waals surface area contributed by atoms with E-state index in [0.29, 0.717) is 13.0 Å². The number of rotatable bonds is 4. The van der Waals surface area contributed by atoms with Crippen LogP contribution in [0.2, 0.25) is 0 Å². The molecule has 0 unspecified atom stereocenters. The number of fused-ring (bicyclic) bond motifs is 2. The first-order chi connectivity index (χ1) is 12.5. The summed E-state index contributed by atoms with van der Waals surface area (Å²) in [5.41, 5.74) is 2.27. The fourth-order valence-electron chi connectivity index (χ4n) is 3.56. The third-order valence-corrected chi connectivity index (χ3v) is 6.69. The van der Waals surface area contributed by atoms with Gasteiger partial charge in [-0.05, 0) is 36.6 Å². The lowest BCUT2D eigenvalue weighted by atomic mass is 10.2. The quantitative estimate of drug-likeness (QED) is 0.827. The van der Waals surface area contributed by atoms with Crippen molar-refractivity contribution in [3.05, 3.63) is 59.7 Å². The minimum absolute atomic E-state index is 0.0110. The molecule has 134 valence electrons. The summed E-state index contributed by atoms with van der Waals surface area (Å²) < 4.78 is 25.9. The van der Waals surface area contributed by atoms with Gasteiger partial charge in [-0.3, -0.25) is 9.59 Å². The Balaban J connectivity index is 1.42. The largest absolute Gasteiger partial charge is 0.312 e. The van der Waals surface area contributed by atoms with E-state index in [0.717, 1.165) is 22.0 Å². The molecule has 0 atom stereocenters. The molecular weight excluding hydrogens is 352 g/mol. The highest BCUT2D eigenvalue weighted by Crippen LogP contribution is 2.31. The van der Waals surface area contributed by atoms with E-state index in [9.17, 15) is 18.0 Å². The van der Waals surface area contributed by atoms with E-state index in [4.69, 9.17) is 0 Å². The van der Waals surface area contributed by atoms with E-state index >= 15 is 0 Å². The van der Waals surface area contributed by atoms with Gasteiger partial charge in [-0.15, -0.1) is 0 Å². The second-order valence-corrected chi connectivity index (χ2v) is 8.24. The molecule has 0 bridgehead atoms. The highest BCUT2D eigenvalue weighted by Gasteiger charge is 2.40. The third-order valence-electron chi connectivity index (χ3n) is 4.85. The second-order valence-electron chi connectivity index (χ2n) is 6.41. The zero-order chi connectivity index (χ0) is 18.3. The van der Waals surface area contributed by atoms with Gasteiger partial charge in [0.25, 0.3) is 15.9 Å². The van der Waals surface area contributed by atoms with Gasteiger partial charge in [-0.1, -0.05) is 30.3 Å². The van der Waals surface area contributed by atoms with Gasteiger partial charge in [0.05, 0.1) is 5.56 Å². The van der Waals surface area contributed by atoms with Crippen LogP contribution >= 0.6 is 0 Å². The Hall–Kier alpha value is -2.67. The second kappa shape index (κ2) is 6.25. The average molecular weight is 370 g/mol. The molecule has 2 aromatic rings. The molecule has 0 radical (unpaired) electrons. The van der Waals surface area contributed by atoms with E-state index in [1.165, 1.54) is 12.1 Å². The molecule has 4 rings (SSSR count). The monoisotopic (exact) mass is 370 g/mol. The molecule has 0 saturated carbocycles. The molecule has 2 aromatic carbocycles. The van der Waals surface area contributed by atoms with Crippen LogP contribution in [-0.4, -0.2) is 37.6 Å². The van der Waals surface area contributed by atoms with Gasteiger partial charge in [0.15, 0.2) is 0 Å². The first-order valence-corrected chi connectivity index (χ1v) is 9.98. The number of benzene rings is 2. The highest BCUT2D eigenvalue weighted by molar-refractivity contribution is 7.90. The fourth-order valence-corrected chi connectivity index (χ4v) is 5.17. The van der Waals surface area contributed by atoms with Crippen molar-refractivity contribution >= 4 is 27.5 Å². The van der Waals surface area contributed by atoms with Crippen molar-refractivity contribution in [2.45, 2.75) is 24.2 Å². The fraction of sp³-hybridized carbons (Fsp3) is 0.263. The molecule has 2 aliphatic heterocycles. The molecule has 0 aliphatic carbocycles. The van der Waals surface area contributed by atoms with Crippen molar-refractivity contribution in [3.63, 3.8) is 0 Å². The Bertz CT molecular complexity index is 1000. The number of anilines is 1. The minimum atomic E-state index is -3.80. The predicted molar refractivity (Wildman–Crippen MR) is 96.4 cm³/mol. The topological polar surface area (TPSA) is 74.8 Å². The zero-order valence-electron chi connectivity index (χ0n) is 14.1. The number of sulfonamides is 1. The van der Waals surface area contributed by atoms with Crippen LogP contribution in [0.5, 0.6) is 0 Å². The number of para-hydroxylation sites is 1. The first kappa shape index (κ1) is 16.8. The van der Waals surface area contributed by atoms with E-state index in [2.05, 4.69) is 0 Å². The van der Waals surface area contributed by atoms with E-state index < -0.39 is 15.9 Å². The van der Waals surface area contributed by atoms with Crippen LogP contribution in [0.15, 0.2) is 53.4 Å². The molecule has 26 heavy (non-hydrogen) atoms.